The minimum absolute atomic E-state index is 0.667. The number of halogens is 1. The van der Waals surface area contributed by atoms with Crippen molar-refractivity contribution in [3.05, 3.63) is 42.5 Å². The number of benzene rings is 1. The quantitative estimate of drug-likeness (QED) is 0.638. The second-order valence-electron chi connectivity index (χ2n) is 3.56. The van der Waals surface area contributed by atoms with E-state index < -0.39 is 0 Å². The maximum atomic E-state index is 4.95. The number of alkyl halides is 1. The molecule has 15 heavy (non-hydrogen) atoms. The van der Waals surface area contributed by atoms with E-state index in [9.17, 15) is 0 Å². The maximum absolute atomic E-state index is 4.95. The van der Waals surface area contributed by atoms with Crippen molar-refractivity contribution in [2.24, 2.45) is 0 Å². The fraction of sp³-hybridized carbons (Fsp3) is 0.250. The molecule has 2 rings (SSSR count). The van der Waals surface area contributed by atoms with Crippen LogP contribution in [0, 0.1) is 0 Å². The number of hydrogen-bond donors (Lipinski definition) is 0. The molecule has 0 aliphatic heterocycles. The first-order valence-corrected chi connectivity index (χ1v) is 6.12. The molecule has 2 nitrogen and oxygen atoms in total. The number of rotatable bonds is 3. The summed E-state index contributed by atoms with van der Waals surface area (Å²) >= 11 is 2.44. The van der Waals surface area contributed by atoms with Crippen molar-refractivity contribution in [3.8, 4) is 11.3 Å². The molecule has 0 N–H and O–H groups in total. The Kier molecular flexibility index (Phi) is 3.41. The van der Waals surface area contributed by atoms with Gasteiger partial charge in [-0.1, -0.05) is 53.8 Å². The molecule has 0 saturated heterocycles. The van der Waals surface area contributed by atoms with Crippen molar-refractivity contribution in [1.82, 2.24) is 4.98 Å². The van der Waals surface area contributed by atoms with Crippen LogP contribution in [0.15, 0.2) is 41.3 Å². The summed E-state index contributed by atoms with van der Waals surface area (Å²) in [4.78, 5) is 4.11. The van der Waals surface area contributed by atoms with Crippen LogP contribution in [0.2, 0.25) is 0 Å². The normalized spacial score (nSPS) is 12.7. The lowest BCUT2D eigenvalue weighted by molar-refractivity contribution is 0.558. The molecule has 0 aliphatic rings. The molecule has 0 saturated carbocycles. The Labute approximate surface area is 103 Å². The van der Waals surface area contributed by atoms with Crippen LogP contribution in [0.1, 0.15) is 12.5 Å². The first-order chi connectivity index (χ1) is 7.25. The Morgan fingerprint density at radius 1 is 1.33 bits per heavy atom. The average Bonchev–Trinajstić information content (AvgIpc) is 2.71. The Balaban J connectivity index is 2.17. The fourth-order valence-corrected chi connectivity index (χ4v) is 2.00. The molecular weight excluding hydrogens is 301 g/mol. The number of oxazole rings is 1. The largest absolute Gasteiger partial charge is 0.451 e. The van der Waals surface area contributed by atoms with Crippen molar-refractivity contribution in [2.45, 2.75) is 17.3 Å². The molecule has 1 aromatic heterocycles. The number of nitrogens with zero attached hydrogens (tertiary/aromatic N) is 1. The van der Waals surface area contributed by atoms with E-state index in [4.69, 9.17) is 4.42 Å². The highest BCUT2D eigenvalue weighted by molar-refractivity contribution is 14.1. The van der Waals surface area contributed by atoms with Crippen LogP contribution in [-0.4, -0.2) is 8.91 Å². The minimum atomic E-state index is 0.667. The van der Waals surface area contributed by atoms with Gasteiger partial charge in [0.2, 0.25) is 0 Å². The van der Waals surface area contributed by atoms with Crippen LogP contribution in [-0.2, 0) is 6.42 Å². The Bertz CT molecular complexity index is 406. The van der Waals surface area contributed by atoms with E-state index in [2.05, 4.69) is 58.8 Å². The topological polar surface area (TPSA) is 26.0 Å². The predicted molar refractivity (Wildman–Crippen MR) is 69.1 cm³/mol. The number of hydrogen-bond acceptors (Lipinski definition) is 2. The van der Waals surface area contributed by atoms with Gasteiger partial charge in [-0.3, -0.25) is 0 Å². The highest BCUT2D eigenvalue weighted by Crippen LogP contribution is 2.18. The summed E-state index contributed by atoms with van der Waals surface area (Å²) in [6.07, 6.45) is 4.23. The zero-order chi connectivity index (χ0) is 10.7. The SMILES string of the molecule is CC(I)Cc1ccc(-c2cocn2)cc1. The van der Waals surface area contributed by atoms with Crippen molar-refractivity contribution in [3.63, 3.8) is 0 Å². The van der Waals surface area contributed by atoms with Gasteiger partial charge in [-0.05, 0) is 12.0 Å². The summed E-state index contributed by atoms with van der Waals surface area (Å²) in [6, 6.07) is 8.48. The Hall–Kier alpha value is -0.840. The van der Waals surface area contributed by atoms with Gasteiger partial charge in [0, 0.05) is 9.49 Å². The lowest BCUT2D eigenvalue weighted by Crippen LogP contribution is -1.95. The highest BCUT2D eigenvalue weighted by atomic mass is 127. The van der Waals surface area contributed by atoms with Gasteiger partial charge < -0.3 is 4.42 Å². The molecule has 0 radical (unpaired) electrons. The highest BCUT2D eigenvalue weighted by Gasteiger charge is 2.02. The Morgan fingerprint density at radius 3 is 2.60 bits per heavy atom. The van der Waals surface area contributed by atoms with E-state index in [1.807, 2.05) is 0 Å². The van der Waals surface area contributed by atoms with Gasteiger partial charge in [0.1, 0.15) is 12.0 Å². The second kappa shape index (κ2) is 4.79. The minimum Gasteiger partial charge on any atom is -0.451 e. The third-order valence-electron chi connectivity index (χ3n) is 2.20. The van der Waals surface area contributed by atoms with Gasteiger partial charge in [0.05, 0.1) is 0 Å². The molecule has 3 heteroatoms. The maximum Gasteiger partial charge on any atom is 0.181 e. The standard InChI is InChI=1S/C12H12INO/c1-9(13)6-10-2-4-11(5-3-10)12-7-15-8-14-12/h2-5,7-9H,6H2,1H3. The first kappa shape index (κ1) is 10.7. The summed E-state index contributed by atoms with van der Waals surface area (Å²) < 4.78 is 5.62. The molecule has 1 aromatic carbocycles. The molecule has 78 valence electrons. The van der Waals surface area contributed by atoms with Gasteiger partial charge in [0.15, 0.2) is 6.39 Å². The van der Waals surface area contributed by atoms with E-state index in [0.717, 1.165) is 17.7 Å². The third kappa shape index (κ3) is 2.81. The van der Waals surface area contributed by atoms with Crippen LogP contribution >= 0.6 is 22.6 Å². The molecule has 1 atom stereocenters. The first-order valence-electron chi connectivity index (χ1n) is 4.87. The average molecular weight is 313 g/mol. The second-order valence-corrected chi connectivity index (χ2v) is 5.68. The van der Waals surface area contributed by atoms with Crippen LogP contribution < -0.4 is 0 Å². The van der Waals surface area contributed by atoms with Gasteiger partial charge in [0.25, 0.3) is 0 Å². The lowest BCUT2D eigenvalue weighted by atomic mass is 10.1. The van der Waals surface area contributed by atoms with Crippen LogP contribution in [0.25, 0.3) is 11.3 Å². The van der Waals surface area contributed by atoms with Crippen LogP contribution in [0.4, 0.5) is 0 Å². The van der Waals surface area contributed by atoms with Crippen molar-refractivity contribution >= 4 is 22.6 Å². The Morgan fingerprint density at radius 2 is 2.07 bits per heavy atom. The molecular formula is C12H12INO. The van der Waals surface area contributed by atoms with Crippen molar-refractivity contribution in [1.29, 1.82) is 0 Å². The molecule has 0 amide bonds. The van der Waals surface area contributed by atoms with Gasteiger partial charge >= 0.3 is 0 Å². The van der Waals surface area contributed by atoms with E-state index in [-0.39, 0.29) is 0 Å². The fourth-order valence-electron chi connectivity index (χ4n) is 1.49. The molecule has 0 bridgehead atoms. The molecule has 1 heterocycles. The summed E-state index contributed by atoms with van der Waals surface area (Å²) in [6.45, 7) is 2.21. The summed E-state index contributed by atoms with van der Waals surface area (Å²) in [5.74, 6) is 0. The molecule has 0 fully saturated rings. The van der Waals surface area contributed by atoms with Crippen molar-refractivity contribution in [2.75, 3.05) is 0 Å². The summed E-state index contributed by atoms with van der Waals surface area (Å²) in [5.41, 5.74) is 3.36. The molecule has 2 aromatic rings. The summed E-state index contributed by atoms with van der Waals surface area (Å²) in [5, 5.41) is 0. The zero-order valence-corrected chi connectivity index (χ0v) is 10.6. The monoisotopic (exact) mass is 313 g/mol. The summed E-state index contributed by atoms with van der Waals surface area (Å²) in [7, 11) is 0. The van der Waals surface area contributed by atoms with Crippen LogP contribution in [0.3, 0.4) is 0 Å². The molecule has 0 aliphatic carbocycles. The number of aromatic nitrogens is 1. The van der Waals surface area contributed by atoms with E-state index >= 15 is 0 Å². The smallest absolute Gasteiger partial charge is 0.181 e. The van der Waals surface area contributed by atoms with Crippen molar-refractivity contribution < 1.29 is 4.42 Å². The van der Waals surface area contributed by atoms with Gasteiger partial charge in [-0.2, -0.15) is 0 Å². The van der Waals surface area contributed by atoms with Crippen LogP contribution in [0.5, 0.6) is 0 Å². The molecule has 1 unspecified atom stereocenters. The molecule has 0 spiro atoms. The van der Waals surface area contributed by atoms with E-state index in [1.165, 1.54) is 12.0 Å². The third-order valence-corrected chi connectivity index (χ3v) is 2.64. The van der Waals surface area contributed by atoms with Gasteiger partial charge in [-0.15, -0.1) is 0 Å². The van der Waals surface area contributed by atoms with E-state index in [1.54, 1.807) is 6.26 Å². The lowest BCUT2D eigenvalue weighted by Gasteiger charge is -2.03. The zero-order valence-electron chi connectivity index (χ0n) is 8.48. The predicted octanol–water partition coefficient (Wildman–Crippen LogP) is 3.71. The van der Waals surface area contributed by atoms with E-state index in [0.29, 0.717) is 3.92 Å². The van der Waals surface area contributed by atoms with Gasteiger partial charge in [-0.25, -0.2) is 4.98 Å².